The lowest BCUT2D eigenvalue weighted by atomic mass is 10.1. The number of ether oxygens (including phenoxy) is 1. The van der Waals surface area contributed by atoms with E-state index in [1.165, 1.54) is 0 Å². The monoisotopic (exact) mass is 342 g/mol. The van der Waals surface area contributed by atoms with E-state index < -0.39 is 10.0 Å². The molecule has 0 radical (unpaired) electrons. The van der Waals surface area contributed by atoms with E-state index in [2.05, 4.69) is 33.3 Å². The van der Waals surface area contributed by atoms with Gasteiger partial charge in [0.1, 0.15) is 11.6 Å². The molecule has 1 saturated heterocycles. The number of nitrogens with zero attached hydrogens (tertiary/aromatic N) is 3. The average Bonchev–Trinajstić information content (AvgIpc) is 2.90. The van der Waals surface area contributed by atoms with Gasteiger partial charge in [-0.2, -0.15) is 0 Å². The van der Waals surface area contributed by atoms with E-state index in [9.17, 15) is 8.42 Å². The molecule has 130 valence electrons. The SMILES string of the molecule is CC(C)c1nnc2n1C[C@H](NS(=O)(=O)C[C@H]1CCCCO1)CC2. The molecule has 1 aromatic heterocycles. The molecule has 3 heterocycles. The molecule has 8 heteroatoms. The summed E-state index contributed by atoms with van der Waals surface area (Å²) in [5.41, 5.74) is 0. The fraction of sp³-hybridized carbons (Fsp3) is 0.867. The van der Waals surface area contributed by atoms with Gasteiger partial charge >= 0.3 is 0 Å². The quantitative estimate of drug-likeness (QED) is 0.869. The molecule has 23 heavy (non-hydrogen) atoms. The topological polar surface area (TPSA) is 86.1 Å². The van der Waals surface area contributed by atoms with Crippen molar-refractivity contribution < 1.29 is 13.2 Å². The Kier molecular flexibility index (Phi) is 5.03. The number of nitrogens with one attached hydrogen (secondary N) is 1. The Morgan fingerprint density at radius 2 is 2.13 bits per heavy atom. The Morgan fingerprint density at radius 1 is 1.30 bits per heavy atom. The number of hydrogen-bond acceptors (Lipinski definition) is 5. The molecule has 1 fully saturated rings. The minimum atomic E-state index is -3.33. The molecule has 1 aromatic rings. The van der Waals surface area contributed by atoms with Crippen molar-refractivity contribution in [2.45, 2.75) is 70.6 Å². The van der Waals surface area contributed by atoms with Crippen LogP contribution in [0.15, 0.2) is 0 Å². The fourth-order valence-corrected chi connectivity index (χ4v) is 4.91. The van der Waals surface area contributed by atoms with E-state index in [1.807, 2.05) is 0 Å². The van der Waals surface area contributed by atoms with Crippen molar-refractivity contribution in [2.24, 2.45) is 0 Å². The summed E-state index contributed by atoms with van der Waals surface area (Å²) in [6.07, 6.45) is 4.26. The van der Waals surface area contributed by atoms with Gasteiger partial charge in [0.25, 0.3) is 0 Å². The molecule has 2 aliphatic rings. The Bertz CT molecular complexity index is 635. The minimum Gasteiger partial charge on any atom is -0.377 e. The van der Waals surface area contributed by atoms with Crippen molar-refractivity contribution >= 4 is 10.0 Å². The molecule has 3 rings (SSSR count). The molecule has 0 saturated carbocycles. The van der Waals surface area contributed by atoms with Crippen molar-refractivity contribution in [3.8, 4) is 0 Å². The Balaban J connectivity index is 1.63. The molecule has 1 N–H and O–H groups in total. The summed E-state index contributed by atoms with van der Waals surface area (Å²) < 4.78 is 35.3. The van der Waals surface area contributed by atoms with Crippen LogP contribution in [0.4, 0.5) is 0 Å². The van der Waals surface area contributed by atoms with Gasteiger partial charge in [-0.25, -0.2) is 13.1 Å². The number of fused-ring (bicyclic) bond motifs is 1. The van der Waals surface area contributed by atoms with Crippen LogP contribution in [0, 0.1) is 0 Å². The van der Waals surface area contributed by atoms with Gasteiger partial charge in [0.05, 0.1) is 11.9 Å². The maximum absolute atomic E-state index is 12.4. The summed E-state index contributed by atoms with van der Waals surface area (Å²) in [7, 11) is -3.33. The predicted octanol–water partition coefficient (Wildman–Crippen LogP) is 1.20. The van der Waals surface area contributed by atoms with Crippen LogP contribution in [0.1, 0.15) is 57.1 Å². The molecule has 0 aliphatic carbocycles. The lowest BCUT2D eigenvalue weighted by Crippen LogP contribution is -2.44. The maximum atomic E-state index is 12.4. The van der Waals surface area contributed by atoms with Gasteiger partial charge < -0.3 is 9.30 Å². The summed E-state index contributed by atoms with van der Waals surface area (Å²) in [5, 5.41) is 8.46. The number of hydrogen-bond donors (Lipinski definition) is 1. The predicted molar refractivity (Wildman–Crippen MR) is 86.7 cm³/mol. The van der Waals surface area contributed by atoms with E-state index in [4.69, 9.17) is 4.74 Å². The highest BCUT2D eigenvalue weighted by molar-refractivity contribution is 7.89. The van der Waals surface area contributed by atoms with E-state index >= 15 is 0 Å². The van der Waals surface area contributed by atoms with Crippen molar-refractivity contribution in [1.82, 2.24) is 19.5 Å². The fourth-order valence-electron chi connectivity index (χ4n) is 3.36. The highest BCUT2D eigenvalue weighted by Gasteiger charge is 2.29. The highest BCUT2D eigenvalue weighted by atomic mass is 32.2. The molecule has 2 aliphatic heterocycles. The molecule has 0 spiro atoms. The van der Waals surface area contributed by atoms with Crippen molar-refractivity contribution in [1.29, 1.82) is 0 Å². The third-order valence-corrected chi connectivity index (χ3v) is 6.02. The lowest BCUT2D eigenvalue weighted by Gasteiger charge is -2.27. The van der Waals surface area contributed by atoms with E-state index in [0.717, 1.165) is 43.8 Å². The van der Waals surface area contributed by atoms with Gasteiger partial charge in [0.15, 0.2) is 0 Å². The van der Waals surface area contributed by atoms with Crippen LogP contribution < -0.4 is 4.72 Å². The highest BCUT2D eigenvalue weighted by Crippen LogP contribution is 2.21. The summed E-state index contributed by atoms with van der Waals surface area (Å²) >= 11 is 0. The van der Waals surface area contributed by atoms with Crippen molar-refractivity contribution in [3.05, 3.63) is 11.6 Å². The molecule has 0 aromatic carbocycles. The largest absolute Gasteiger partial charge is 0.377 e. The second-order valence-electron chi connectivity index (χ2n) is 6.86. The Labute approximate surface area is 137 Å². The number of aromatic nitrogens is 3. The average molecular weight is 342 g/mol. The van der Waals surface area contributed by atoms with Crippen LogP contribution >= 0.6 is 0 Å². The maximum Gasteiger partial charge on any atom is 0.214 e. The lowest BCUT2D eigenvalue weighted by molar-refractivity contribution is 0.0303. The molecule has 0 unspecified atom stereocenters. The van der Waals surface area contributed by atoms with Gasteiger partial charge in [0, 0.05) is 31.5 Å². The summed E-state index contributed by atoms with van der Waals surface area (Å²) in [5.74, 6) is 2.23. The van der Waals surface area contributed by atoms with E-state index in [1.54, 1.807) is 0 Å². The molecule has 0 amide bonds. The van der Waals surface area contributed by atoms with Crippen LogP contribution in [0.2, 0.25) is 0 Å². The van der Waals surface area contributed by atoms with Crippen LogP contribution in [-0.4, -0.2) is 47.7 Å². The van der Waals surface area contributed by atoms with Crippen molar-refractivity contribution in [3.63, 3.8) is 0 Å². The number of sulfonamides is 1. The molecule has 0 bridgehead atoms. The zero-order chi connectivity index (χ0) is 16.4. The third kappa shape index (κ3) is 4.10. The first kappa shape index (κ1) is 16.9. The summed E-state index contributed by atoms with van der Waals surface area (Å²) in [6.45, 7) is 5.43. The first-order valence-corrected chi connectivity index (χ1v) is 10.1. The van der Waals surface area contributed by atoms with Gasteiger partial charge in [-0.1, -0.05) is 13.8 Å². The standard InChI is InChI=1S/C15H26N4O3S/c1-11(2)15-17-16-14-7-6-12(9-19(14)15)18-23(20,21)10-13-5-3-4-8-22-13/h11-13,18H,3-10H2,1-2H3/t12-,13-/m1/s1. The van der Waals surface area contributed by atoms with Crippen LogP contribution in [0.5, 0.6) is 0 Å². The Morgan fingerprint density at radius 3 is 2.83 bits per heavy atom. The van der Waals surface area contributed by atoms with Crippen LogP contribution in [-0.2, 0) is 27.7 Å². The van der Waals surface area contributed by atoms with Gasteiger partial charge in [0.2, 0.25) is 10.0 Å². The van der Waals surface area contributed by atoms with E-state index in [0.29, 0.717) is 13.2 Å². The molecular weight excluding hydrogens is 316 g/mol. The van der Waals surface area contributed by atoms with Crippen LogP contribution in [0.25, 0.3) is 0 Å². The minimum absolute atomic E-state index is 0.0651. The second-order valence-corrected chi connectivity index (χ2v) is 8.66. The normalized spacial score (nSPS) is 25.5. The van der Waals surface area contributed by atoms with Crippen LogP contribution in [0.3, 0.4) is 0 Å². The first-order chi connectivity index (χ1) is 10.9. The van der Waals surface area contributed by atoms with Crippen molar-refractivity contribution in [2.75, 3.05) is 12.4 Å². The third-order valence-electron chi connectivity index (χ3n) is 4.52. The zero-order valence-electron chi connectivity index (χ0n) is 13.9. The van der Waals surface area contributed by atoms with Gasteiger partial charge in [-0.15, -0.1) is 10.2 Å². The summed E-state index contributed by atoms with van der Waals surface area (Å²) in [6, 6.07) is -0.0930. The van der Waals surface area contributed by atoms with E-state index in [-0.39, 0.29) is 23.8 Å². The molecular formula is C15H26N4O3S. The smallest absolute Gasteiger partial charge is 0.214 e. The zero-order valence-corrected chi connectivity index (χ0v) is 14.7. The first-order valence-electron chi connectivity index (χ1n) is 8.48. The molecule has 2 atom stereocenters. The Hall–Kier alpha value is -0.990. The number of rotatable bonds is 5. The van der Waals surface area contributed by atoms with Gasteiger partial charge in [-0.05, 0) is 25.7 Å². The molecule has 7 nitrogen and oxygen atoms in total. The second kappa shape index (κ2) is 6.86. The van der Waals surface area contributed by atoms with Gasteiger partial charge in [-0.3, -0.25) is 0 Å². The summed E-state index contributed by atoms with van der Waals surface area (Å²) in [4.78, 5) is 0. The number of aryl methyl sites for hydroxylation is 1.